The summed E-state index contributed by atoms with van der Waals surface area (Å²) in [4.78, 5) is 11.0. The van der Waals surface area contributed by atoms with E-state index in [4.69, 9.17) is 5.11 Å². The second kappa shape index (κ2) is 9.75. The first-order valence-electron chi connectivity index (χ1n) is 10.4. The molecule has 0 amide bonds. The zero-order valence-electron chi connectivity index (χ0n) is 18.3. The third-order valence-electron chi connectivity index (χ3n) is 5.24. The van der Waals surface area contributed by atoms with Crippen molar-refractivity contribution in [3.63, 3.8) is 0 Å². The molecule has 6 nitrogen and oxygen atoms in total. The zero-order valence-corrected chi connectivity index (χ0v) is 19.9. The lowest BCUT2D eigenvalue weighted by molar-refractivity contribution is -0.137. The topological polar surface area (TPSA) is 104 Å². The van der Waals surface area contributed by atoms with Crippen LogP contribution in [-0.4, -0.2) is 30.4 Å². The first-order valence-corrected chi connectivity index (χ1v) is 12.8. The summed E-state index contributed by atoms with van der Waals surface area (Å²) in [6.45, 7) is 0. The number of aliphatic carboxylic acids is 1. The van der Waals surface area contributed by atoms with E-state index in [1.165, 1.54) is 42.5 Å². The molecule has 4 rings (SSSR count). The van der Waals surface area contributed by atoms with Gasteiger partial charge in [0.05, 0.1) is 26.8 Å². The number of phenolic OH excluding ortho intramolecular Hbond substituents is 1. The maximum atomic E-state index is 13.3. The molecule has 36 heavy (non-hydrogen) atoms. The van der Waals surface area contributed by atoms with Crippen molar-refractivity contribution in [2.24, 2.45) is 0 Å². The Bertz CT molecular complexity index is 1570. The van der Waals surface area contributed by atoms with Gasteiger partial charge in [0.1, 0.15) is 5.75 Å². The van der Waals surface area contributed by atoms with E-state index >= 15 is 0 Å². The second-order valence-corrected chi connectivity index (χ2v) is 10.4. The average Bonchev–Trinajstić information content (AvgIpc) is 2.84. The molecule has 0 saturated carbocycles. The minimum Gasteiger partial charge on any atom is -0.506 e. The summed E-state index contributed by atoms with van der Waals surface area (Å²) in [5.74, 6) is -1.63. The number of alkyl halides is 3. The highest BCUT2D eigenvalue weighted by atomic mass is 32.2. The number of carboxylic acid groups (broad SMARTS) is 1. The van der Waals surface area contributed by atoms with Crippen LogP contribution in [0.5, 0.6) is 5.75 Å². The lowest BCUT2D eigenvalue weighted by atomic mass is 10.0. The summed E-state index contributed by atoms with van der Waals surface area (Å²) >= 11 is 0.833. The Morgan fingerprint density at radius 3 is 2.19 bits per heavy atom. The number of halogens is 3. The molecule has 11 heteroatoms. The average molecular weight is 534 g/mol. The Kier molecular flexibility index (Phi) is 6.87. The van der Waals surface area contributed by atoms with Crippen LogP contribution in [0.4, 0.5) is 18.9 Å². The number of phenols is 1. The van der Waals surface area contributed by atoms with Crippen LogP contribution in [0, 0.1) is 0 Å². The van der Waals surface area contributed by atoms with Gasteiger partial charge in [0.15, 0.2) is 0 Å². The second-order valence-electron chi connectivity index (χ2n) is 7.71. The highest BCUT2D eigenvalue weighted by molar-refractivity contribution is 8.00. The summed E-state index contributed by atoms with van der Waals surface area (Å²) in [6.07, 6.45) is -4.54. The van der Waals surface area contributed by atoms with Crippen molar-refractivity contribution in [3.8, 4) is 16.9 Å². The van der Waals surface area contributed by atoms with Crippen molar-refractivity contribution < 1.29 is 36.6 Å². The van der Waals surface area contributed by atoms with E-state index in [1.54, 1.807) is 24.3 Å². The van der Waals surface area contributed by atoms with Gasteiger partial charge in [-0.3, -0.25) is 9.52 Å². The maximum Gasteiger partial charge on any atom is 0.416 e. The zero-order chi connectivity index (χ0) is 26.1. The van der Waals surface area contributed by atoms with Crippen molar-refractivity contribution in [2.45, 2.75) is 16.0 Å². The molecule has 0 aliphatic carbocycles. The lowest BCUT2D eigenvalue weighted by Crippen LogP contribution is -2.13. The predicted molar refractivity (Wildman–Crippen MR) is 132 cm³/mol. The van der Waals surface area contributed by atoms with Crippen LogP contribution >= 0.6 is 11.8 Å². The maximum absolute atomic E-state index is 13.3. The minimum atomic E-state index is -4.54. The summed E-state index contributed by atoms with van der Waals surface area (Å²) in [5.41, 5.74) is -0.268. The van der Waals surface area contributed by atoms with Gasteiger partial charge in [-0.15, -0.1) is 11.8 Å². The number of sulfonamides is 1. The van der Waals surface area contributed by atoms with Gasteiger partial charge in [-0.1, -0.05) is 48.5 Å². The molecular weight excluding hydrogens is 515 g/mol. The summed E-state index contributed by atoms with van der Waals surface area (Å²) in [7, 11) is -4.21. The molecule has 4 aromatic carbocycles. The molecule has 0 aliphatic rings. The summed E-state index contributed by atoms with van der Waals surface area (Å²) in [5, 5.41) is 20.3. The fourth-order valence-corrected chi connectivity index (χ4v) is 5.43. The molecule has 0 saturated heterocycles. The molecule has 0 heterocycles. The van der Waals surface area contributed by atoms with Crippen LogP contribution in [0.2, 0.25) is 0 Å². The minimum absolute atomic E-state index is 0.112. The molecule has 0 radical (unpaired) electrons. The SMILES string of the molecule is O=C(O)CSc1cc(NS(=O)(=O)c2cccc(-c3cccc(C(F)(F)F)c3)c2)c2ccccc2c1O. The number of nitrogens with one attached hydrogen (secondary N) is 1. The number of carbonyl (C=O) groups is 1. The van der Waals surface area contributed by atoms with Crippen LogP contribution in [0.15, 0.2) is 88.7 Å². The molecule has 0 aliphatic heterocycles. The van der Waals surface area contributed by atoms with Gasteiger partial charge in [0, 0.05) is 10.8 Å². The molecule has 186 valence electrons. The number of aromatic hydroxyl groups is 1. The van der Waals surface area contributed by atoms with E-state index in [0.717, 1.165) is 23.9 Å². The number of anilines is 1. The Balaban J connectivity index is 1.74. The Morgan fingerprint density at radius 2 is 1.53 bits per heavy atom. The van der Waals surface area contributed by atoms with Crippen molar-refractivity contribution >= 4 is 44.2 Å². The van der Waals surface area contributed by atoms with Crippen LogP contribution < -0.4 is 4.72 Å². The van der Waals surface area contributed by atoms with Crippen molar-refractivity contribution in [3.05, 3.63) is 84.4 Å². The van der Waals surface area contributed by atoms with Crippen molar-refractivity contribution in [2.75, 3.05) is 10.5 Å². The molecular formula is C25H18F3NO5S2. The smallest absolute Gasteiger partial charge is 0.416 e. The fourth-order valence-electron chi connectivity index (χ4n) is 3.59. The van der Waals surface area contributed by atoms with Gasteiger partial charge in [-0.25, -0.2) is 8.42 Å². The van der Waals surface area contributed by atoms with Gasteiger partial charge in [0.25, 0.3) is 10.0 Å². The number of thioether (sulfide) groups is 1. The van der Waals surface area contributed by atoms with Gasteiger partial charge in [0.2, 0.25) is 0 Å². The molecule has 4 aromatic rings. The summed E-state index contributed by atoms with van der Waals surface area (Å²) in [6, 6.07) is 17.9. The van der Waals surface area contributed by atoms with Gasteiger partial charge >= 0.3 is 12.1 Å². The monoisotopic (exact) mass is 533 g/mol. The van der Waals surface area contributed by atoms with Crippen molar-refractivity contribution in [1.29, 1.82) is 0 Å². The number of hydrogen-bond acceptors (Lipinski definition) is 5. The molecule has 0 bridgehead atoms. The number of fused-ring (bicyclic) bond motifs is 1. The fraction of sp³-hybridized carbons (Fsp3) is 0.0800. The Hall–Kier alpha value is -3.70. The van der Waals surface area contributed by atoms with Gasteiger partial charge in [-0.05, 0) is 41.5 Å². The Morgan fingerprint density at radius 1 is 0.889 bits per heavy atom. The molecule has 0 unspecified atom stereocenters. The van der Waals surface area contributed by atoms with E-state index in [-0.39, 0.29) is 38.1 Å². The first-order chi connectivity index (χ1) is 17.0. The first kappa shape index (κ1) is 25.4. The highest BCUT2D eigenvalue weighted by Gasteiger charge is 2.30. The van der Waals surface area contributed by atoms with Gasteiger partial charge in [-0.2, -0.15) is 13.2 Å². The number of benzene rings is 4. The van der Waals surface area contributed by atoms with Crippen LogP contribution in [-0.2, 0) is 21.0 Å². The Labute approximate surface area is 208 Å². The van der Waals surface area contributed by atoms with E-state index in [1.807, 2.05) is 0 Å². The van der Waals surface area contributed by atoms with Gasteiger partial charge < -0.3 is 10.2 Å². The number of carboxylic acids is 1. The number of hydrogen-bond donors (Lipinski definition) is 3. The lowest BCUT2D eigenvalue weighted by Gasteiger charge is -2.15. The molecule has 0 aromatic heterocycles. The van der Waals surface area contributed by atoms with Crippen LogP contribution in [0.1, 0.15) is 5.56 Å². The summed E-state index contributed by atoms with van der Waals surface area (Å²) < 4.78 is 68.4. The standard InChI is InChI=1S/C25H18F3NO5S2/c26-25(27,28)17-7-3-5-15(11-17)16-6-4-8-18(12-16)36(33,34)29-21-13-22(35-14-23(30)31)24(32)20-10-2-1-9-19(20)21/h1-13,29,32H,14H2,(H,30,31). The third-order valence-corrected chi connectivity index (χ3v) is 7.62. The molecule has 3 N–H and O–H groups in total. The highest BCUT2D eigenvalue weighted by Crippen LogP contribution is 2.40. The number of rotatable bonds is 7. The van der Waals surface area contributed by atoms with Crippen LogP contribution in [0.3, 0.4) is 0 Å². The molecule has 0 atom stereocenters. The van der Waals surface area contributed by atoms with E-state index in [2.05, 4.69) is 4.72 Å². The largest absolute Gasteiger partial charge is 0.506 e. The van der Waals surface area contributed by atoms with Crippen molar-refractivity contribution in [1.82, 2.24) is 0 Å². The van der Waals surface area contributed by atoms with Crippen LogP contribution in [0.25, 0.3) is 21.9 Å². The van der Waals surface area contributed by atoms with E-state index < -0.39 is 27.7 Å². The predicted octanol–water partition coefficient (Wildman–Crippen LogP) is 6.21. The molecule has 0 fully saturated rings. The van der Waals surface area contributed by atoms with E-state index in [0.29, 0.717) is 10.8 Å². The molecule has 0 spiro atoms. The normalized spacial score (nSPS) is 12.0. The third kappa shape index (κ3) is 5.42. The van der Waals surface area contributed by atoms with E-state index in [9.17, 15) is 31.5 Å². The quantitative estimate of drug-likeness (QED) is 0.193.